The summed E-state index contributed by atoms with van der Waals surface area (Å²) < 4.78 is 52.7. The van der Waals surface area contributed by atoms with Crippen molar-refractivity contribution >= 4 is 11.7 Å². The van der Waals surface area contributed by atoms with Gasteiger partial charge in [-0.05, 0) is 55.9 Å². The molecule has 1 aromatic carbocycles. The van der Waals surface area contributed by atoms with Gasteiger partial charge < -0.3 is 14.3 Å². The minimum absolute atomic E-state index is 0.0766. The summed E-state index contributed by atoms with van der Waals surface area (Å²) in [5.41, 5.74) is -1.14. The van der Waals surface area contributed by atoms with Gasteiger partial charge in [0.15, 0.2) is 5.71 Å². The molecule has 0 amide bonds. The third kappa shape index (κ3) is 6.87. The van der Waals surface area contributed by atoms with Crippen molar-refractivity contribution in [1.29, 1.82) is 0 Å². The summed E-state index contributed by atoms with van der Waals surface area (Å²) in [5, 5.41) is 3.25. The number of hydrogen-bond acceptors (Lipinski definition) is 5. The topological polar surface area (TPSA) is 57.1 Å². The van der Waals surface area contributed by atoms with E-state index in [1.807, 2.05) is 27.7 Å². The molecule has 0 saturated carbocycles. The van der Waals surface area contributed by atoms with Gasteiger partial charge in [0.05, 0.1) is 6.61 Å². The molecule has 0 aromatic heterocycles. The van der Waals surface area contributed by atoms with Crippen LogP contribution in [0.1, 0.15) is 83.4 Å². The predicted molar refractivity (Wildman–Crippen MR) is 119 cm³/mol. The molecule has 1 rings (SSSR count). The number of nitrogens with zero attached hydrogens (tertiary/aromatic N) is 1. The molecular formula is C24H36F3NO4. The van der Waals surface area contributed by atoms with Crippen molar-refractivity contribution in [2.45, 2.75) is 91.3 Å². The van der Waals surface area contributed by atoms with Gasteiger partial charge in [0, 0.05) is 5.56 Å². The average Bonchev–Trinajstić information content (AvgIpc) is 2.73. The van der Waals surface area contributed by atoms with Gasteiger partial charge in [-0.3, -0.25) is 0 Å². The van der Waals surface area contributed by atoms with Crippen LogP contribution in [0.3, 0.4) is 0 Å². The second-order valence-corrected chi connectivity index (χ2v) is 7.66. The lowest BCUT2D eigenvalue weighted by Gasteiger charge is -2.33. The fraction of sp³-hybridized carbons (Fsp3) is 0.667. The molecule has 32 heavy (non-hydrogen) atoms. The SMILES string of the molecule is CCCc1cc(/C(=N\OC)C(F)(F)F)cc(CCC)c1OC(CC)(CCC)C(=O)OCC. The summed E-state index contributed by atoms with van der Waals surface area (Å²) in [5.74, 6) is 0.0231. The van der Waals surface area contributed by atoms with Crippen LogP contribution in [0.5, 0.6) is 5.75 Å². The highest BCUT2D eigenvalue weighted by molar-refractivity contribution is 6.04. The highest BCUT2D eigenvalue weighted by atomic mass is 19.4. The van der Waals surface area contributed by atoms with Crippen molar-refractivity contribution in [2.24, 2.45) is 5.16 Å². The van der Waals surface area contributed by atoms with E-state index in [0.29, 0.717) is 61.8 Å². The van der Waals surface area contributed by atoms with Crippen LogP contribution in [0.4, 0.5) is 13.2 Å². The molecule has 0 radical (unpaired) electrons. The number of carbonyl (C=O) groups excluding carboxylic acids is 1. The van der Waals surface area contributed by atoms with Gasteiger partial charge in [0.2, 0.25) is 5.60 Å². The number of halogens is 3. The lowest BCUT2D eigenvalue weighted by molar-refractivity contribution is -0.163. The molecule has 8 heteroatoms. The number of aryl methyl sites for hydroxylation is 2. The smallest absolute Gasteiger partial charge is 0.437 e. The number of carbonyl (C=O) groups is 1. The lowest BCUT2D eigenvalue weighted by atomic mass is 9.92. The summed E-state index contributed by atoms with van der Waals surface area (Å²) >= 11 is 0. The van der Waals surface area contributed by atoms with Crippen LogP contribution in [0.15, 0.2) is 17.3 Å². The Morgan fingerprint density at radius 3 is 1.91 bits per heavy atom. The zero-order valence-electron chi connectivity index (χ0n) is 20.0. The second kappa shape index (κ2) is 12.7. The highest BCUT2D eigenvalue weighted by Crippen LogP contribution is 2.37. The van der Waals surface area contributed by atoms with Gasteiger partial charge in [0.25, 0.3) is 0 Å². The summed E-state index contributed by atoms with van der Waals surface area (Å²) in [6.07, 6.45) is -0.778. The van der Waals surface area contributed by atoms with Crippen LogP contribution >= 0.6 is 0 Å². The average molecular weight is 460 g/mol. The van der Waals surface area contributed by atoms with Crippen LogP contribution in [0, 0.1) is 0 Å². The predicted octanol–water partition coefficient (Wildman–Crippen LogP) is 6.40. The van der Waals surface area contributed by atoms with Crippen LogP contribution in [-0.2, 0) is 27.2 Å². The van der Waals surface area contributed by atoms with Crippen molar-refractivity contribution in [3.8, 4) is 5.75 Å². The van der Waals surface area contributed by atoms with Crippen molar-refractivity contribution in [3.63, 3.8) is 0 Å². The number of ether oxygens (including phenoxy) is 2. The minimum Gasteiger partial charge on any atom is -0.475 e. The van der Waals surface area contributed by atoms with E-state index in [-0.39, 0.29) is 12.2 Å². The monoisotopic (exact) mass is 459 g/mol. The number of rotatable bonds is 13. The first kappa shape index (κ1) is 27.8. The third-order valence-corrected chi connectivity index (χ3v) is 5.18. The Balaban J connectivity index is 3.75. The molecule has 0 fully saturated rings. The summed E-state index contributed by atoms with van der Waals surface area (Å²) in [6, 6.07) is 2.89. The van der Waals surface area contributed by atoms with E-state index in [1.54, 1.807) is 6.92 Å². The van der Waals surface area contributed by atoms with Crippen molar-refractivity contribution in [2.75, 3.05) is 13.7 Å². The summed E-state index contributed by atoms with van der Waals surface area (Å²) in [7, 11) is 1.09. The Morgan fingerprint density at radius 1 is 0.969 bits per heavy atom. The maximum atomic E-state index is 13.6. The fourth-order valence-electron chi connectivity index (χ4n) is 3.74. The normalized spacial score (nSPS) is 14.1. The van der Waals surface area contributed by atoms with Crippen LogP contribution < -0.4 is 4.74 Å². The maximum absolute atomic E-state index is 13.6. The Morgan fingerprint density at radius 2 is 1.53 bits per heavy atom. The van der Waals surface area contributed by atoms with E-state index >= 15 is 0 Å². The molecule has 0 bridgehead atoms. The zero-order chi connectivity index (χ0) is 24.4. The molecule has 0 N–H and O–H groups in total. The number of hydrogen-bond donors (Lipinski definition) is 0. The number of esters is 1. The number of benzene rings is 1. The van der Waals surface area contributed by atoms with Crippen LogP contribution in [0.2, 0.25) is 0 Å². The van der Waals surface area contributed by atoms with Crippen LogP contribution in [0.25, 0.3) is 0 Å². The molecule has 0 saturated heterocycles. The Kier molecular flexibility index (Phi) is 11.0. The molecule has 1 atom stereocenters. The number of alkyl halides is 3. The third-order valence-electron chi connectivity index (χ3n) is 5.18. The zero-order valence-corrected chi connectivity index (χ0v) is 20.0. The molecule has 5 nitrogen and oxygen atoms in total. The molecule has 1 aromatic rings. The molecule has 0 aliphatic rings. The Bertz CT molecular complexity index is 750. The van der Waals surface area contributed by atoms with Gasteiger partial charge >= 0.3 is 12.1 Å². The summed E-state index contributed by atoms with van der Waals surface area (Å²) in [4.78, 5) is 17.4. The first-order chi connectivity index (χ1) is 15.1. The van der Waals surface area contributed by atoms with E-state index in [2.05, 4.69) is 9.99 Å². The maximum Gasteiger partial charge on any atom is 0.437 e. The van der Waals surface area contributed by atoms with Crippen molar-refractivity contribution in [1.82, 2.24) is 0 Å². The van der Waals surface area contributed by atoms with Crippen molar-refractivity contribution < 1.29 is 32.3 Å². The molecule has 0 spiro atoms. The minimum atomic E-state index is -4.67. The fourth-order valence-corrected chi connectivity index (χ4v) is 3.74. The van der Waals surface area contributed by atoms with Gasteiger partial charge in [-0.25, -0.2) is 4.79 Å². The highest BCUT2D eigenvalue weighted by Gasteiger charge is 2.42. The van der Waals surface area contributed by atoms with Gasteiger partial charge in [-0.1, -0.05) is 52.1 Å². The largest absolute Gasteiger partial charge is 0.475 e. The van der Waals surface area contributed by atoms with E-state index in [1.165, 1.54) is 12.1 Å². The molecule has 1 unspecified atom stereocenters. The van der Waals surface area contributed by atoms with Gasteiger partial charge in [-0.15, -0.1) is 0 Å². The van der Waals surface area contributed by atoms with Gasteiger partial charge in [-0.2, -0.15) is 13.2 Å². The molecule has 0 aliphatic carbocycles. The molecule has 182 valence electrons. The van der Waals surface area contributed by atoms with E-state index in [4.69, 9.17) is 9.47 Å². The quantitative estimate of drug-likeness (QED) is 0.195. The molecular weight excluding hydrogens is 423 g/mol. The van der Waals surface area contributed by atoms with Crippen molar-refractivity contribution in [3.05, 3.63) is 28.8 Å². The van der Waals surface area contributed by atoms with E-state index in [9.17, 15) is 18.0 Å². The summed E-state index contributed by atoms with van der Waals surface area (Å²) in [6.45, 7) is 9.64. The standard InChI is InChI=1S/C24H36F3NO4/c1-7-12-17-15-19(21(28-30-6)24(25,26)27)16-18(13-8-2)20(17)32-23(10-4,14-9-3)22(29)31-11-5/h15-16H,7-14H2,1-6H3/b28-21+. The Hall–Kier alpha value is -2.25. The van der Waals surface area contributed by atoms with Gasteiger partial charge in [0.1, 0.15) is 12.9 Å². The number of oxime groups is 1. The van der Waals surface area contributed by atoms with E-state index < -0.39 is 23.5 Å². The molecule has 0 heterocycles. The second-order valence-electron chi connectivity index (χ2n) is 7.66. The van der Waals surface area contributed by atoms with E-state index in [0.717, 1.165) is 7.11 Å². The molecule has 0 aliphatic heterocycles. The Labute approximate surface area is 189 Å². The first-order valence-electron chi connectivity index (χ1n) is 11.3. The first-order valence-corrected chi connectivity index (χ1v) is 11.3. The van der Waals surface area contributed by atoms with Crippen LogP contribution in [-0.4, -0.2) is 37.2 Å². The lowest BCUT2D eigenvalue weighted by Crippen LogP contribution is -2.45.